The van der Waals surface area contributed by atoms with E-state index in [-0.39, 0.29) is 17.3 Å². The second kappa shape index (κ2) is 4.25. The molecule has 0 saturated carbocycles. The molecule has 0 aliphatic rings. The minimum Gasteiger partial charge on any atom is -0.507 e. The van der Waals surface area contributed by atoms with E-state index < -0.39 is 5.91 Å². The molecule has 0 radical (unpaired) electrons. The van der Waals surface area contributed by atoms with Crippen molar-refractivity contribution in [1.29, 1.82) is 0 Å². The maximum absolute atomic E-state index is 11.8. The van der Waals surface area contributed by atoms with Crippen LogP contribution in [0.5, 0.6) is 5.75 Å². The molecule has 0 fully saturated rings. The normalized spacial score (nSPS) is 10.2. The van der Waals surface area contributed by atoms with Gasteiger partial charge >= 0.3 is 6.01 Å². The molecule has 0 bridgehead atoms. The van der Waals surface area contributed by atoms with Crippen LogP contribution in [0.15, 0.2) is 22.7 Å². The van der Waals surface area contributed by atoms with Gasteiger partial charge in [0.2, 0.25) is 0 Å². The number of carbonyl (C=O) groups excluding carboxylic acids is 1. The molecule has 0 atom stereocenters. The Balaban J connectivity index is 2.23. The number of nitrogens with one attached hydrogen (secondary N) is 1. The average Bonchev–Trinajstić information content (AvgIpc) is 2.68. The molecule has 0 unspecified atom stereocenters. The predicted octanol–water partition coefficient (Wildman–Crippen LogP) is 1.64. The lowest BCUT2D eigenvalue weighted by Gasteiger charge is -2.05. The Morgan fingerprint density at radius 3 is 2.82 bits per heavy atom. The van der Waals surface area contributed by atoms with Gasteiger partial charge in [-0.2, -0.15) is 4.98 Å². The van der Waals surface area contributed by atoms with Gasteiger partial charge in [0.1, 0.15) is 5.75 Å². The lowest BCUT2D eigenvalue weighted by atomic mass is 10.1. The van der Waals surface area contributed by atoms with Gasteiger partial charge in [0.15, 0.2) is 5.82 Å². The third-order valence-electron chi connectivity index (χ3n) is 2.23. The summed E-state index contributed by atoms with van der Waals surface area (Å²) < 4.78 is 4.75. The first kappa shape index (κ1) is 11.1. The van der Waals surface area contributed by atoms with Crippen molar-refractivity contribution in [2.75, 3.05) is 5.32 Å². The molecule has 1 aromatic carbocycles. The molecule has 2 N–H and O–H groups in total. The Morgan fingerprint density at radius 2 is 2.18 bits per heavy atom. The summed E-state index contributed by atoms with van der Waals surface area (Å²) in [7, 11) is 0. The van der Waals surface area contributed by atoms with Gasteiger partial charge in [-0.05, 0) is 25.5 Å². The molecule has 1 heterocycles. The van der Waals surface area contributed by atoms with Gasteiger partial charge in [0.05, 0.1) is 5.56 Å². The van der Waals surface area contributed by atoms with Crippen LogP contribution < -0.4 is 5.32 Å². The van der Waals surface area contributed by atoms with Gasteiger partial charge in [0, 0.05) is 0 Å². The zero-order valence-corrected chi connectivity index (χ0v) is 9.39. The van der Waals surface area contributed by atoms with Crippen LogP contribution in [-0.4, -0.2) is 21.2 Å². The summed E-state index contributed by atoms with van der Waals surface area (Å²) in [6, 6.07) is 4.92. The Bertz CT molecular complexity index is 563. The number of aryl methyl sites for hydroxylation is 2. The van der Waals surface area contributed by atoms with Crippen LogP contribution in [0.2, 0.25) is 0 Å². The van der Waals surface area contributed by atoms with Crippen LogP contribution in [0.25, 0.3) is 0 Å². The molecule has 88 valence electrons. The van der Waals surface area contributed by atoms with Gasteiger partial charge in [-0.25, -0.2) is 0 Å². The molecule has 6 heteroatoms. The van der Waals surface area contributed by atoms with Crippen LogP contribution in [0.4, 0.5) is 6.01 Å². The zero-order valence-electron chi connectivity index (χ0n) is 9.39. The summed E-state index contributed by atoms with van der Waals surface area (Å²) in [4.78, 5) is 15.6. The smallest absolute Gasteiger partial charge is 0.328 e. The Morgan fingerprint density at radius 1 is 1.41 bits per heavy atom. The zero-order chi connectivity index (χ0) is 12.4. The summed E-state index contributed by atoms with van der Waals surface area (Å²) in [5.74, 6) is -0.121. The maximum atomic E-state index is 11.8. The van der Waals surface area contributed by atoms with E-state index in [1.807, 2.05) is 0 Å². The lowest BCUT2D eigenvalue weighted by molar-refractivity contribution is 0.102. The number of nitrogens with zero attached hydrogens (tertiary/aromatic N) is 2. The van der Waals surface area contributed by atoms with Crippen LogP contribution in [0, 0.1) is 13.8 Å². The third kappa shape index (κ3) is 2.25. The Hall–Kier alpha value is -2.37. The number of phenolic OH excluding ortho intramolecular Hbond substituents is 1. The molecular weight excluding hydrogens is 222 g/mol. The number of carbonyl (C=O) groups is 1. The second-order valence-electron chi connectivity index (χ2n) is 3.57. The topological polar surface area (TPSA) is 88.2 Å². The number of rotatable bonds is 2. The Kier molecular flexibility index (Phi) is 2.78. The average molecular weight is 233 g/mol. The van der Waals surface area contributed by atoms with Gasteiger partial charge in [-0.1, -0.05) is 17.3 Å². The second-order valence-corrected chi connectivity index (χ2v) is 3.57. The van der Waals surface area contributed by atoms with E-state index in [0.29, 0.717) is 11.4 Å². The molecule has 6 nitrogen and oxygen atoms in total. The van der Waals surface area contributed by atoms with Crippen molar-refractivity contribution in [3.8, 4) is 5.75 Å². The SMILES string of the molecule is Cc1noc(NC(=O)c2cccc(C)c2O)n1. The molecule has 2 rings (SSSR count). The minimum absolute atomic E-state index is 0.00778. The summed E-state index contributed by atoms with van der Waals surface area (Å²) in [6.07, 6.45) is 0. The summed E-state index contributed by atoms with van der Waals surface area (Å²) in [5, 5.41) is 15.7. The van der Waals surface area contributed by atoms with E-state index in [2.05, 4.69) is 15.5 Å². The van der Waals surface area contributed by atoms with E-state index in [1.54, 1.807) is 26.0 Å². The van der Waals surface area contributed by atoms with E-state index >= 15 is 0 Å². The van der Waals surface area contributed by atoms with Crippen molar-refractivity contribution in [1.82, 2.24) is 10.1 Å². The first-order valence-corrected chi connectivity index (χ1v) is 4.98. The van der Waals surface area contributed by atoms with Gasteiger partial charge < -0.3 is 9.63 Å². The number of aromatic hydroxyl groups is 1. The van der Waals surface area contributed by atoms with E-state index in [4.69, 9.17) is 4.52 Å². The van der Waals surface area contributed by atoms with Crippen LogP contribution >= 0.6 is 0 Å². The van der Waals surface area contributed by atoms with Crippen LogP contribution in [0.1, 0.15) is 21.7 Å². The fourth-order valence-electron chi connectivity index (χ4n) is 1.35. The number of hydrogen-bond donors (Lipinski definition) is 2. The minimum atomic E-state index is -0.491. The number of benzene rings is 1. The number of hydrogen-bond acceptors (Lipinski definition) is 5. The highest BCUT2D eigenvalue weighted by molar-refractivity contribution is 6.05. The third-order valence-corrected chi connectivity index (χ3v) is 2.23. The summed E-state index contributed by atoms with van der Waals surface area (Å²) in [6.45, 7) is 3.35. The highest BCUT2D eigenvalue weighted by atomic mass is 16.5. The quantitative estimate of drug-likeness (QED) is 0.823. The number of amides is 1. The molecule has 0 aliphatic carbocycles. The fraction of sp³-hybridized carbons (Fsp3) is 0.182. The molecule has 0 saturated heterocycles. The van der Waals surface area contributed by atoms with Crippen LogP contribution in [0.3, 0.4) is 0 Å². The molecule has 2 aromatic rings. The molecule has 0 spiro atoms. The van der Waals surface area contributed by atoms with Crippen LogP contribution in [-0.2, 0) is 0 Å². The standard InChI is InChI=1S/C11H11N3O3/c1-6-4-3-5-8(9(6)15)10(16)13-11-12-7(2)14-17-11/h3-5,15H,1-2H3,(H,12,13,14,16). The van der Waals surface area contributed by atoms with Gasteiger partial charge in [0.25, 0.3) is 5.91 Å². The van der Waals surface area contributed by atoms with Crippen molar-refractivity contribution in [3.05, 3.63) is 35.2 Å². The first-order chi connectivity index (χ1) is 8.08. The number of anilines is 1. The summed E-state index contributed by atoms with van der Waals surface area (Å²) >= 11 is 0. The van der Waals surface area contributed by atoms with E-state index in [1.165, 1.54) is 6.07 Å². The highest BCUT2D eigenvalue weighted by Gasteiger charge is 2.14. The molecule has 1 aromatic heterocycles. The first-order valence-electron chi connectivity index (χ1n) is 4.98. The molecule has 0 aliphatic heterocycles. The molecule has 1 amide bonds. The largest absolute Gasteiger partial charge is 0.507 e. The molecule has 17 heavy (non-hydrogen) atoms. The Labute approximate surface area is 97.3 Å². The van der Waals surface area contributed by atoms with Crippen molar-refractivity contribution in [3.63, 3.8) is 0 Å². The van der Waals surface area contributed by atoms with Crippen molar-refractivity contribution in [2.24, 2.45) is 0 Å². The maximum Gasteiger partial charge on any atom is 0.328 e. The lowest BCUT2D eigenvalue weighted by Crippen LogP contribution is -2.12. The highest BCUT2D eigenvalue weighted by Crippen LogP contribution is 2.22. The van der Waals surface area contributed by atoms with Crippen molar-refractivity contribution < 1.29 is 14.4 Å². The number of phenols is 1. The number of aromatic nitrogens is 2. The molecular formula is C11H11N3O3. The van der Waals surface area contributed by atoms with E-state index in [0.717, 1.165) is 0 Å². The van der Waals surface area contributed by atoms with Gasteiger partial charge in [-0.15, -0.1) is 0 Å². The fourth-order valence-corrected chi connectivity index (χ4v) is 1.35. The van der Waals surface area contributed by atoms with Crippen molar-refractivity contribution >= 4 is 11.9 Å². The summed E-state index contributed by atoms with van der Waals surface area (Å²) in [5.41, 5.74) is 0.792. The number of para-hydroxylation sites is 1. The van der Waals surface area contributed by atoms with E-state index in [9.17, 15) is 9.90 Å². The van der Waals surface area contributed by atoms with Crippen molar-refractivity contribution in [2.45, 2.75) is 13.8 Å². The predicted molar refractivity (Wildman–Crippen MR) is 59.8 cm³/mol. The monoisotopic (exact) mass is 233 g/mol. The van der Waals surface area contributed by atoms with Gasteiger partial charge in [-0.3, -0.25) is 10.1 Å².